The molecule has 1 heterocycles. The molecule has 0 saturated heterocycles. The van der Waals surface area contributed by atoms with Gasteiger partial charge in [0.25, 0.3) is 0 Å². The van der Waals surface area contributed by atoms with Crippen molar-refractivity contribution >= 4 is 53.2 Å². The highest BCUT2D eigenvalue weighted by Crippen LogP contribution is 2.26. The summed E-state index contributed by atoms with van der Waals surface area (Å²) in [6.07, 6.45) is 2.08. The Morgan fingerprint density at radius 3 is 2.39 bits per heavy atom. The highest BCUT2D eigenvalue weighted by atomic mass is 79.9. The van der Waals surface area contributed by atoms with Gasteiger partial charge >= 0.3 is 0 Å². The molecule has 1 aromatic rings. The summed E-state index contributed by atoms with van der Waals surface area (Å²) >= 11 is 8.05. The van der Waals surface area contributed by atoms with Crippen molar-refractivity contribution in [3.05, 3.63) is 15.9 Å². The largest absolute Gasteiger partial charge is 0.250 e. The van der Waals surface area contributed by atoms with E-state index in [4.69, 9.17) is 0 Å². The van der Waals surface area contributed by atoms with Crippen molar-refractivity contribution in [3.63, 3.8) is 0 Å². The predicted octanol–water partition coefficient (Wildman–Crippen LogP) is 3.99. The van der Waals surface area contributed by atoms with Gasteiger partial charge in [-0.1, -0.05) is 42.6 Å². The van der Waals surface area contributed by atoms with Gasteiger partial charge in [0.1, 0.15) is 4.21 Å². The molecule has 3 nitrogen and oxygen atoms in total. The van der Waals surface area contributed by atoms with Gasteiger partial charge in [0, 0.05) is 11.4 Å². The topological polar surface area (TPSA) is 46.2 Å². The first-order valence-electron chi connectivity index (χ1n) is 5.79. The van der Waals surface area contributed by atoms with Gasteiger partial charge in [-0.25, -0.2) is 13.1 Å². The third kappa shape index (κ3) is 4.59. The van der Waals surface area contributed by atoms with Crippen LogP contribution in [-0.4, -0.2) is 19.8 Å². The molecule has 0 aromatic carbocycles. The molecule has 7 heteroatoms. The zero-order valence-electron chi connectivity index (χ0n) is 10.3. The van der Waals surface area contributed by atoms with Gasteiger partial charge in [-0.05, 0) is 34.0 Å². The summed E-state index contributed by atoms with van der Waals surface area (Å²) in [5.74, 6) is 0.489. The first kappa shape index (κ1) is 16.6. The van der Waals surface area contributed by atoms with E-state index in [1.54, 1.807) is 12.1 Å². The Labute approximate surface area is 130 Å². The second-order valence-corrected chi connectivity index (χ2v) is 9.64. The average molecular weight is 419 g/mol. The van der Waals surface area contributed by atoms with Gasteiger partial charge in [-0.15, -0.1) is 11.3 Å². The number of hydrogen-bond donors (Lipinski definition) is 1. The molecule has 1 N–H and O–H groups in total. The van der Waals surface area contributed by atoms with Crippen LogP contribution in [0.5, 0.6) is 0 Å². The molecule has 0 fully saturated rings. The molecular formula is C11H17Br2NO2S2. The quantitative estimate of drug-likeness (QED) is 0.680. The number of nitrogens with one attached hydrogen (secondary N) is 1. The van der Waals surface area contributed by atoms with E-state index in [9.17, 15) is 8.42 Å². The maximum absolute atomic E-state index is 12.0. The zero-order valence-corrected chi connectivity index (χ0v) is 15.1. The standard InChI is InChI=1S/C11H17Br2NO2S2/c1-3-8(4-2)9(12)7-14-18(15,16)11-6-5-10(13)17-11/h5-6,8-9,14H,3-4,7H2,1-2H3. The van der Waals surface area contributed by atoms with Crippen LogP contribution in [0, 0.1) is 5.92 Å². The number of thiophene rings is 1. The van der Waals surface area contributed by atoms with Gasteiger partial charge in [0.2, 0.25) is 10.0 Å². The number of hydrogen-bond acceptors (Lipinski definition) is 3. The van der Waals surface area contributed by atoms with Crippen LogP contribution < -0.4 is 4.72 Å². The Bertz CT molecular complexity index is 469. The summed E-state index contributed by atoms with van der Waals surface area (Å²) in [5, 5.41) is 0. The van der Waals surface area contributed by atoms with Gasteiger partial charge in [0.15, 0.2) is 0 Å². The third-order valence-electron chi connectivity index (χ3n) is 2.84. The maximum atomic E-state index is 12.0. The molecule has 0 aliphatic rings. The fourth-order valence-corrected chi connectivity index (χ4v) is 5.91. The maximum Gasteiger partial charge on any atom is 0.250 e. The van der Waals surface area contributed by atoms with Gasteiger partial charge in [-0.3, -0.25) is 0 Å². The van der Waals surface area contributed by atoms with Crippen LogP contribution in [0.3, 0.4) is 0 Å². The molecule has 0 saturated carbocycles. The molecule has 104 valence electrons. The Balaban J connectivity index is 2.62. The fourth-order valence-electron chi connectivity index (χ4n) is 1.67. The van der Waals surface area contributed by atoms with Crippen LogP contribution in [0.4, 0.5) is 0 Å². The number of rotatable bonds is 7. The molecule has 1 rings (SSSR count). The lowest BCUT2D eigenvalue weighted by molar-refractivity contribution is 0.471. The van der Waals surface area contributed by atoms with Crippen molar-refractivity contribution in [3.8, 4) is 0 Å². The van der Waals surface area contributed by atoms with Crippen molar-refractivity contribution < 1.29 is 8.42 Å². The van der Waals surface area contributed by atoms with Crippen molar-refractivity contribution in [2.45, 2.75) is 35.7 Å². The van der Waals surface area contributed by atoms with Gasteiger partial charge in [0.05, 0.1) is 3.79 Å². The summed E-state index contributed by atoms with van der Waals surface area (Å²) in [6.45, 7) is 4.66. The van der Waals surface area contributed by atoms with E-state index in [0.29, 0.717) is 16.7 Å². The predicted molar refractivity (Wildman–Crippen MR) is 84.0 cm³/mol. The minimum Gasteiger partial charge on any atom is -0.209 e. The van der Waals surface area contributed by atoms with Crippen LogP contribution in [0.2, 0.25) is 0 Å². The molecule has 0 amide bonds. The van der Waals surface area contributed by atoms with Gasteiger partial charge in [-0.2, -0.15) is 0 Å². The highest BCUT2D eigenvalue weighted by Gasteiger charge is 2.21. The summed E-state index contributed by atoms with van der Waals surface area (Å²) < 4.78 is 27.8. The monoisotopic (exact) mass is 417 g/mol. The Morgan fingerprint density at radius 1 is 1.33 bits per heavy atom. The van der Waals surface area contributed by atoms with E-state index in [1.807, 2.05) is 0 Å². The van der Waals surface area contributed by atoms with Gasteiger partial charge < -0.3 is 0 Å². The van der Waals surface area contributed by atoms with Crippen LogP contribution in [-0.2, 0) is 10.0 Å². The highest BCUT2D eigenvalue weighted by molar-refractivity contribution is 9.11. The number of alkyl halides is 1. The minimum atomic E-state index is -3.38. The summed E-state index contributed by atoms with van der Waals surface area (Å²) in [7, 11) is -3.38. The Hall–Kier alpha value is 0.570. The lowest BCUT2D eigenvalue weighted by Crippen LogP contribution is -2.32. The van der Waals surface area contributed by atoms with Crippen LogP contribution in [0.25, 0.3) is 0 Å². The van der Waals surface area contributed by atoms with E-state index in [-0.39, 0.29) is 4.83 Å². The number of halogens is 2. The lowest BCUT2D eigenvalue weighted by Gasteiger charge is -2.19. The van der Waals surface area contributed by atoms with Crippen molar-refractivity contribution in [1.29, 1.82) is 0 Å². The molecule has 1 unspecified atom stereocenters. The van der Waals surface area contributed by atoms with E-state index < -0.39 is 10.0 Å². The van der Waals surface area contributed by atoms with Crippen molar-refractivity contribution in [2.75, 3.05) is 6.54 Å². The second kappa shape index (κ2) is 7.38. The summed E-state index contributed by atoms with van der Waals surface area (Å²) in [4.78, 5) is 0.172. The normalized spacial score (nSPS) is 14.1. The Kier molecular flexibility index (Phi) is 6.81. The van der Waals surface area contributed by atoms with Crippen LogP contribution in [0.1, 0.15) is 26.7 Å². The second-order valence-electron chi connectivity index (χ2n) is 4.00. The summed E-state index contributed by atoms with van der Waals surface area (Å²) in [5.41, 5.74) is 0. The molecular weight excluding hydrogens is 402 g/mol. The lowest BCUT2D eigenvalue weighted by atomic mass is 10.00. The SMILES string of the molecule is CCC(CC)C(Br)CNS(=O)(=O)c1ccc(Br)s1. The van der Waals surface area contributed by atoms with E-state index in [0.717, 1.165) is 16.6 Å². The average Bonchev–Trinajstić information content (AvgIpc) is 2.76. The van der Waals surface area contributed by atoms with Crippen molar-refractivity contribution in [1.82, 2.24) is 4.72 Å². The first-order valence-corrected chi connectivity index (χ1v) is 9.80. The summed E-state index contributed by atoms with van der Waals surface area (Å²) in [6, 6.07) is 3.35. The molecule has 1 atom stereocenters. The molecule has 0 radical (unpaired) electrons. The van der Waals surface area contributed by atoms with E-state index in [2.05, 4.69) is 50.4 Å². The molecule has 1 aromatic heterocycles. The first-order chi connectivity index (χ1) is 8.40. The van der Waals surface area contributed by atoms with Crippen molar-refractivity contribution in [2.24, 2.45) is 5.92 Å². The molecule has 0 bridgehead atoms. The third-order valence-corrected chi connectivity index (χ3v) is 7.45. The zero-order chi connectivity index (χ0) is 13.8. The fraction of sp³-hybridized carbons (Fsp3) is 0.636. The number of sulfonamides is 1. The molecule has 0 spiro atoms. The minimum absolute atomic E-state index is 0.172. The molecule has 0 aliphatic heterocycles. The van der Waals surface area contributed by atoms with E-state index >= 15 is 0 Å². The smallest absolute Gasteiger partial charge is 0.209 e. The molecule has 0 aliphatic carbocycles. The van der Waals surface area contributed by atoms with Crippen LogP contribution in [0.15, 0.2) is 20.1 Å². The molecule has 18 heavy (non-hydrogen) atoms. The Morgan fingerprint density at radius 2 is 1.94 bits per heavy atom. The van der Waals surface area contributed by atoms with E-state index in [1.165, 1.54) is 11.3 Å². The van der Waals surface area contributed by atoms with Crippen LogP contribution >= 0.6 is 43.2 Å².